The van der Waals surface area contributed by atoms with Gasteiger partial charge in [-0.1, -0.05) is 0 Å². The van der Waals surface area contributed by atoms with Gasteiger partial charge >= 0.3 is 0 Å². The van der Waals surface area contributed by atoms with Gasteiger partial charge < -0.3 is 10.3 Å². The van der Waals surface area contributed by atoms with Gasteiger partial charge in [-0.3, -0.25) is 10.1 Å². The molecule has 0 aliphatic heterocycles. The fraction of sp³-hybridized carbons (Fsp3) is 0.455. The standard InChI is InChI=1S/C11H14N6O2/c12-4-1-5-16(8-2-3-8)11-7-9(17(18)19)6-10(14-11)15-13/h6-8H,1-3,5,13H2,(H,14,15). The van der Waals surface area contributed by atoms with E-state index in [1.807, 2.05) is 4.90 Å². The Bertz CT molecular complexity index is 522. The molecule has 8 nitrogen and oxygen atoms in total. The Morgan fingerprint density at radius 3 is 2.89 bits per heavy atom. The maximum absolute atomic E-state index is 10.9. The lowest BCUT2D eigenvalue weighted by Gasteiger charge is -2.22. The Labute approximate surface area is 110 Å². The molecule has 19 heavy (non-hydrogen) atoms. The first-order valence-electron chi connectivity index (χ1n) is 5.92. The van der Waals surface area contributed by atoms with Crippen LogP contribution < -0.4 is 16.2 Å². The molecule has 1 fully saturated rings. The molecule has 3 N–H and O–H groups in total. The Kier molecular flexibility index (Phi) is 3.77. The molecule has 1 aromatic heterocycles. The van der Waals surface area contributed by atoms with Gasteiger partial charge in [0.1, 0.15) is 11.6 Å². The molecule has 2 rings (SSSR count). The van der Waals surface area contributed by atoms with E-state index in [9.17, 15) is 10.1 Å². The Morgan fingerprint density at radius 1 is 1.63 bits per heavy atom. The topological polar surface area (TPSA) is 121 Å². The van der Waals surface area contributed by atoms with Gasteiger partial charge in [0.25, 0.3) is 5.69 Å². The molecular formula is C11H14N6O2. The average molecular weight is 262 g/mol. The molecule has 1 aliphatic rings. The van der Waals surface area contributed by atoms with E-state index in [4.69, 9.17) is 11.1 Å². The van der Waals surface area contributed by atoms with E-state index in [-0.39, 0.29) is 11.5 Å². The van der Waals surface area contributed by atoms with Crippen molar-refractivity contribution >= 4 is 17.3 Å². The van der Waals surface area contributed by atoms with E-state index >= 15 is 0 Å². The number of hydrogen-bond acceptors (Lipinski definition) is 7. The molecule has 1 aliphatic carbocycles. The number of nitrogen functional groups attached to an aromatic ring is 1. The second-order valence-corrected chi connectivity index (χ2v) is 4.30. The summed E-state index contributed by atoms with van der Waals surface area (Å²) in [6, 6.07) is 5.08. The summed E-state index contributed by atoms with van der Waals surface area (Å²) >= 11 is 0. The highest BCUT2D eigenvalue weighted by atomic mass is 16.6. The van der Waals surface area contributed by atoms with Crippen molar-refractivity contribution in [2.75, 3.05) is 16.9 Å². The Hall–Kier alpha value is -2.40. The number of pyridine rings is 1. The molecule has 0 radical (unpaired) electrons. The largest absolute Gasteiger partial charge is 0.352 e. The van der Waals surface area contributed by atoms with Crippen LogP contribution in [0.1, 0.15) is 19.3 Å². The number of nitrogens with two attached hydrogens (primary N) is 1. The van der Waals surface area contributed by atoms with Crippen LogP contribution in [0.5, 0.6) is 0 Å². The minimum absolute atomic E-state index is 0.0689. The highest BCUT2D eigenvalue weighted by molar-refractivity contribution is 5.56. The zero-order valence-corrected chi connectivity index (χ0v) is 10.2. The molecule has 0 amide bonds. The van der Waals surface area contributed by atoms with Gasteiger partial charge in [0.05, 0.1) is 29.5 Å². The van der Waals surface area contributed by atoms with Crippen molar-refractivity contribution in [3.05, 3.63) is 22.2 Å². The smallest absolute Gasteiger partial charge is 0.276 e. The summed E-state index contributed by atoms with van der Waals surface area (Å²) in [4.78, 5) is 16.5. The monoisotopic (exact) mass is 262 g/mol. The number of aromatic nitrogens is 1. The fourth-order valence-electron chi connectivity index (χ4n) is 1.87. The number of rotatable bonds is 6. The predicted octanol–water partition coefficient (Wildman–Crippen LogP) is 1.16. The van der Waals surface area contributed by atoms with Crippen molar-refractivity contribution in [1.82, 2.24) is 4.98 Å². The van der Waals surface area contributed by atoms with Gasteiger partial charge in [0.15, 0.2) is 0 Å². The third kappa shape index (κ3) is 3.08. The molecule has 0 aromatic carbocycles. The molecule has 100 valence electrons. The number of anilines is 2. The van der Waals surface area contributed by atoms with Crippen molar-refractivity contribution in [2.45, 2.75) is 25.3 Å². The van der Waals surface area contributed by atoms with Gasteiger partial charge in [-0.15, -0.1) is 0 Å². The molecule has 1 saturated carbocycles. The van der Waals surface area contributed by atoms with Gasteiger partial charge in [0, 0.05) is 12.6 Å². The molecule has 1 heterocycles. The third-order valence-electron chi connectivity index (χ3n) is 2.90. The highest BCUT2D eigenvalue weighted by Crippen LogP contribution is 2.33. The lowest BCUT2D eigenvalue weighted by molar-refractivity contribution is -0.384. The lowest BCUT2D eigenvalue weighted by atomic mass is 10.3. The molecule has 1 aromatic rings. The van der Waals surface area contributed by atoms with Crippen LogP contribution in [0.25, 0.3) is 0 Å². The lowest BCUT2D eigenvalue weighted by Crippen LogP contribution is -2.28. The maximum Gasteiger partial charge on any atom is 0.276 e. The molecule has 0 saturated heterocycles. The minimum Gasteiger partial charge on any atom is -0.352 e. The SMILES string of the molecule is N#CCCN(c1cc([N+](=O)[O-])cc(NN)n1)C1CC1. The van der Waals surface area contributed by atoms with E-state index in [1.165, 1.54) is 12.1 Å². The molecular weight excluding hydrogens is 248 g/mol. The maximum atomic E-state index is 10.9. The Balaban J connectivity index is 2.32. The van der Waals surface area contributed by atoms with Crippen LogP contribution in [-0.4, -0.2) is 22.5 Å². The zero-order valence-electron chi connectivity index (χ0n) is 10.2. The number of nitrogens with one attached hydrogen (secondary N) is 1. The first-order chi connectivity index (χ1) is 9.15. The number of nitro groups is 1. The minimum atomic E-state index is -0.485. The first-order valence-corrected chi connectivity index (χ1v) is 5.92. The van der Waals surface area contributed by atoms with Gasteiger partial charge in [-0.05, 0) is 12.8 Å². The number of nitrogens with zero attached hydrogens (tertiary/aromatic N) is 4. The van der Waals surface area contributed by atoms with Crippen molar-refractivity contribution < 1.29 is 4.92 Å². The zero-order chi connectivity index (χ0) is 13.8. The normalized spacial score (nSPS) is 13.7. The second-order valence-electron chi connectivity index (χ2n) is 4.30. The van der Waals surface area contributed by atoms with Crippen LogP contribution >= 0.6 is 0 Å². The summed E-state index contributed by atoms with van der Waals surface area (Å²) in [5.74, 6) is 6.00. The molecule has 0 unspecified atom stereocenters. The quantitative estimate of drug-likeness (QED) is 0.448. The average Bonchev–Trinajstić information content (AvgIpc) is 3.23. The van der Waals surface area contributed by atoms with Gasteiger partial charge in [-0.25, -0.2) is 10.8 Å². The summed E-state index contributed by atoms with van der Waals surface area (Å²) in [7, 11) is 0. The van der Waals surface area contributed by atoms with Crippen molar-refractivity contribution in [3.8, 4) is 6.07 Å². The van der Waals surface area contributed by atoms with E-state index in [1.54, 1.807) is 0 Å². The van der Waals surface area contributed by atoms with Gasteiger partial charge in [0.2, 0.25) is 0 Å². The number of hydrogen-bond donors (Lipinski definition) is 2. The van der Waals surface area contributed by atoms with Crippen LogP contribution in [0.15, 0.2) is 12.1 Å². The van der Waals surface area contributed by atoms with Crippen molar-refractivity contribution in [3.63, 3.8) is 0 Å². The summed E-state index contributed by atoms with van der Waals surface area (Å²) in [5, 5.41) is 19.6. The van der Waals surface area contributed by atoms with Crippen molar-refractivity contribution in [2.24, 2.45) is 5.84 Å². The summed E-state index contributed by atoms with van der Waals surface area (Å²) in [6.07, 6.45) is 2.38. The first kappa shape index (κ1) is 13.0. The fourth-order valence-corrected chi connectivity index (χ4v) is 1.87. The van der Waals surface area contributed by atoms with Crippen LogP contribution in [-0.2, 0) is 0 Å². The number of hydrazine groups is 1. The highest BCUT2D eigenvalue weighted by Gasteiger charge is 2.30. The summed E-state index contributed by atoms with van der Waals surface area (Å²) in [6.45, 7) is 0.513. The molecule has 8 heteroatoms. The second kappa shape index (κ2) is 5.49. The Morgan fingerprint density at radius 2 is 2.37 bits per heavy atom. The summed E-state index contributed by atoms with van der Waals surface area (Å²) < 4.78 is 0. The van der Waals surface area contributed by atoms with Crippen molar-refractivity contribution in [1.29, 1.82) is 5.26 Å². The molecule has 0 atom stereocenters. The van der Waals surface area contributed by atoms with Crippen LogP contribution in [0, 0.1) is 21.4 Å². The van der Waals surface area contributed by atoms with Crippen LogP contribution in [0.2, 0.25) is 0 Å². The number of nitriles is 1. The van der Waals surface area contributed by atoms with E-state index in [0.29, 0.717) is 24.8 Å². The summed E-state index contributed by atoms with van der Waals surface area (Å²) in [5.41, 5.74) is 2.26. The van der Waals surface area contributed by atoms with E-state index < -0.39 is 4.92 Å². The molecule has 0 bridgehead atoms. The van der Waals surface area contributed by atoms with Gasteiger partial charge in [-0.2, -0.15) is 5.26 Å². The third-order valence-corrected chi connectivity index (χ3v) is 2.90. The van der Waals surface area contributed by atoms with Crippen LogP contribution in [0.3, 0.4) is 0 Å². The van der Waals surface area contributed by atoms with E-state index in [0.717, 1.165) is 12.8 Å². The predicted molar refractivity (Wildman–Crippen MR) is 69.3 cm³/mol. The molecule has 0 spiro atoms. The van der Waals surface area contributed by atoms with Crippen LogP contribution in [0.4, 0.5) is 17.3 Å². The van der Waals surface area contributed by atoms with E-state index in [2.05, 4.69) is 16.5 Å².